The molecule has 0 saturated carbocycles. The van der Waals surface area contributed by atoms with Gasteiger partial charge in [0.15, 0.2) is 4.84 Å². The Hall–Kier alpha value is 0.200. The highest BCUT2D eigenvalue weighted by Crippen LogP contribution is 2.53. The Morgan fingerprint density at radius 1 is 1.17 bits per heavy atom. The fourth-order valence-corrected chi connectivity index (χ4v) is 3.69. The van der Waals surface area contributed by atoms with Gasteiger partial charge in [-0.25, -0.2) is 4.57 Å². The second-order valence-corrected chi connectivity index (χ2v) is 7.24. The molecule has 0 bridgehead atoms. The third-order valence-electron chi connectivity index (χ3n) is 1.81. The van der Waals surface area contributed by atoms with Crippen LogP contribution in [0.2, 0.25) is 0 Å². The summed E-state index contributed by atoms with van der Waals surface area (Å²) >= 11 is 11.6. The molecular weight excluding hydrogens is 298 g/mol. The highest BCUT2D eigenvalue weighted by atomic mass is 35.5. The molecule has 0 saturated heterocycles. The van der Waals surface area contributed by atoms with E-state index in [-0.39, 0.29) is 18.0 Å². The maximum atomic E-state index is 12.7. The summed E-state index contributed by atoms with van der Waals surface area (Å²) < 4.78 is 24.8. The third kappa shape index (κ3) is 5.45. The molecule has 0 aromatic rings. The van der Waals surface area contributed by atoms with Gasteiger partial charge in [0.05, 0.1) is 12.2 Å². The molecule has 0 N–H and O–H groups in total. The first-order valence-corrected chi connectivity index (χ1v) is 7.96. The van der Waals surface area contributed by atoms with Crippen molar-refractivity contribution in [2.45, 2.75) is 44.7 Å². The van der Waals surface area contributed by atoms with Gasteiger partial charge in [0.25, 0.3) is 0 Å². The van der Waals surface area contributed by atoms with E-state index in [1.165, 1.54) is 18.8 Å². The van der Waals surface area contributed by atoms with E-state index in [9.17, 15) is 4.57 Å². The van der Waals surface area contributed by atoms with Gasteiger partial charge in [-0.2, -0.15) is 0 Å². The summed E-state index contributed by atoms with van der Waals surface area (Å²) in [6, 6.07) is 0. The molecule has 0 aliphatic rings. The average Bonchev–Trinajstić information content (AvgIpc) is 2.14. The van der Waals surface area contributed by atoms with Gasteiger partial charge >= 0.3 is 7.75 Å². The van der Waals surface area contributed by atoms with Crippen LogP contribution in [0.1, 0.15) is 27.7 Å². The first kappa shape index (κ1) is 18.2. The van der Waals surface area contributed by atoms with Crippen molar-refractivity contribution in [3.63, 3.8) is 0 Å². The summed E-state index contributed by atoms with van der Waals surface area (Å²) in [5.41, 5.74) is 0. The van der Waals surface area contributed by atoms with Gasteiger partial charge < -0.3 is 0 Å². The summed E-state index contributed by atoms with van der Waals surface area (Å²) in [5, 5.41) is 0. The van der Waals surface area contributed by atoms with E-state index < -0.39 is 12.6 Å². The van der Waals surface area contributed by atoms with Crippen LogP contribution in [0.25, 0.3) is 0 Å². The van der Waals surface area contributed by atoms with Gasteiger partial charge in [-0.05, 0) is 27.7 Å². The lowest BCUT2D eigenvalue weighted by Crippen LogP contribution is -2.32. The second-order valence-electron chi connectivity index (χ2n) is 4.18. The SMILES string of the molecule is CN=C(C(Cl)Cl)N(C)P(=O)(OC(C)C)OC(C)C. The molecule has 5 nitrogen and oxygen atoms in total. The van der Waals surface area contributed by atoms with Crippen LogP contribution in [0.4, 0.5) is 0 Å². The van der Waals surface area contributed by atoms with Gasteiger partial charge in [0.1, 0.15) is 5.84 Å². The summed E-state index contributed by atoms with van der Waals surface area (Å²) in [7, 11) is -0.470. The lowest BCUT2D eigenvalue weighted by molar-refractivity contribution is 0.123. The number of hydrogen-bond donors (Lipinski definition) is 0. The first-order chi connectivity index (χ1) is 8.14. The van der Waals surface area contributed by atoms with Gasteiger partial charge in [0.2, 0.25) is 0 Å². The predicted molar refractivity (Wildman–Crippen MR) is 76.7 cm³/mol. The fraction of sp³-hybridized carbons (Fsp3) is 0.900. The fourth-order valence-electron chi connectivity index (χ4n) is 1.21. The van der Waals surface area contributed by atoms with Crippen LogP contribution in [0.15, 0.2) is 4.99 Å². The van der Waals surface area contributed by atoms with E-state index in [4.69, 9.17) is 32.2 Å². The van der Waals surface area contributed by atoms with Crippen molar-refractivity contribution in [1.82, 2.24) is 4.67 Å². The van der Waals surface area contributed by atoms with Crippen molar-refractivity contribution in [3.8, 4) is 0 Å². The number of amidine groups is 1. The van der Waals surface area contributed by atoms with Crippen molar-refractivity contribution in [2.24, 2.45) is 4.99 Å². The van der Waals surface area contributed by atoms with Crippen molar-refractivity contribution in [1.29, 1.82) is 0 Å². The topological polar surface area (TPSA) is 51.1 Å². The molecule has 0 aromatic carbocycles. The Morgan fingerprint density at radius 3 is 1.78 bits per heavy atom. The molecule has 0 spiro atoms. The van der Waals surface area contributed by atoms with Crippen LogP contribution < -0.4 is 0 Å². The van der Waals surface area contributed by atoms with E-state index in [0.717, 1.165) is 0 Å². The minimum Gasteiger partial charge on any atom is -0.289 e. The molecule has 0 amide bonds. The monoisotopic (exact) mass is 318 g/mol. The van der Waals surface area contributed by atoms with Crippen LogP contribution in [0.3, 0.4) is 0 Å². The molecule has 0 aliphatic carbocycles. The smallest absolute Gasteiger partial charge is 0.289 e. The Morgan fingerprint density at radius 2 is 1.56 bits per heavy atom. The van der Waals surface area contributed by atoms with Gasteiger partial charge in [-0.15, -0.1) is 0 Å². The van der Waals surface area contributed by atoms with Gasteiger partial charge in [-0.3, -0.25) is 18.7 Å². The zero-order valence-electron chi connectivity index (χ0n) is 11.6. The molecule has 8 heteroatoms. The minimum absolute atomic E-state index is 0.239. The van der Waals surface area contributed by atoms with E-state index in [2.05, 4.69) is 4.99 Å². The number of rotatable bonds is 6. The largest absolute Gasteiger partial charge is 0.436 e. The van der Waals surface area contributed by atoms with Crippen LogP contribution in [-0.4, -0.2) is 41.6 Å². The maximum Gasteiger partial charge on any atom is 0.436 e. The molecule has 0 fully saturated rings. The predicted octanol–water partition coefficient (Wildman–Crippen LogP) is 3.71. The highest BCUT2D eigenvalue weighted by molar-refractivity contribution is 7.52. The van der Waals surface area contributed by atoms with Crippen molar-refractivity contribution < 1.29 is 13.6 Å². The number of hydrogen-bond acceptors (Lipinski definition) is 4. The Labute approximate surface area is 119 Å². The summed E-state index contributed by atoms with van der Waals surface area (Å²) in [6.07, 6.45) is -0.529. The van der Waals surface area contributed by atoms with E-state index in [0.29, 0.717) is 0 Å². The number of aliphatic imine (C=N–C) groups is 1. The molecule has 18 heavy (non-hydrogen) atoms. The van der Waals surface area contributed by atoms with Crippen LogP contribution in [-0.2, 0) is 13.6 Å². The Bertz CT molecular complexity index is 321. The summed E-state index contributed by atoms with van der Waals surface area (Å²) in [4.78, 5) is 3.01. The van der Waals surface area contributed by atoms with Crippen LogP contribution in [0, 0.1) is 0 Å². The van der Waals surface area contributed by atoms with Crippen molar-refractivity contribution in [3.05, 3.63) is 0 Å². The lowest BCUT2D eigenvalue weighted by atomic mass is 10.5. The second kappa shape index (κ2) is 7.71. The third-order valence-corrected chi connectivity index (χ3v) is 4.52. The quantitative estimate of drug-likeness (QED) is 0.324. The molecule has 0 rings (SSSR count). The Balaban J connectivity index is 5.25. The zero-order chi connectivity index (χ0) is 14.5. The maximum absolute atomic E-state index is 12.7. The van der Waals surface area contributed by atoms with Gasteiger partial charge in [-0.1, -0.05) is 23.2 Å². The van der Waals surface area contributed by atoms with E-state index >= 15 is 0 Å². The Kier molecular flexibility index (Phi) is 7.79. The molecule has 0 radical (unpaired) electrons. The summed E-state index contributed by atoms with van der Waals surface area (Å²) in [6.45, 7) is 7.08. The molecule has 0 aromatic heterocycles. The number of halogens is 2. The van der Waals surface area contributed by atoms with Crippen LogP contribution in [0.5, 0.6) is 0 Å². The molecule has 0 aliphatic heterocycles. The van der Waals surface area contributed by atoms with E-state index in [1.54, 1.807) is 27.7 Å². The summed E-state index contributed by atoms with van der Waals surface area (Å²) in [5.74, 6) is 0.239. The van der Waals surface area contributed by atoms with E-state index in [1.807, 2.05) is 0 Å². The molecule has 0 atom stereocenters. The highest BCUT2D eigenvalue weighted by Gasteiger charge is 2.37. The molecular formula is C10H21Cl2N2O3P. The first-order valence-electron chi connectivity index (χ1n) is 5.60. The lowest BCUT2D eigenvalue weighted by Gasteiger charge is -2.31. The molecule has 108 valence electrons. The molecule has 0 heterocycles. The minimum atomic E-state index is -3.52. The standard InChI is InChI=1S/C10H21Cl2N2O3P/c1-7(2)16-18(15,17-8(3)4)14(6)10(13-5)9(11)12/h7-9H,1-6H3. The van der Waals surface area contributed by atoms with Crippen molar-refractivity contribution in [2.75, 3.05) is 14.1 Å². The number of nitrogens with zero attached hydrogens (tertiary/aromatic N) is 2. The molecule has 0 unspecified atom stereocenters. The normalized spacial score (nSPS) is 13.8. The van der Waals surface area contributed by atoms with Crippen molar-refractivity contribution >= 4 is 36.8 Å². The van der Waals surface area contributed by atoms with Gasteiger partial charge in [0, 0.05) is 14.1 Å². The zero-order valence-corrected chi connectivity index (χ0v) is 14.0. The average molecular weight is 319 g/mol. The van der Waals surface area contributed by atoms with Crippen LogP contribution >= 0.6 is 30.9 Å². The number of alkyl halides is 2.